The molecule has 2 aliphatic rings. The van der Waals surface area contributed by atoms with Crippen LogP contribution in [0.15, 0.2) is 9.59 Å². The third kappa shape index (κ3) is 3.76. The number of amides is 1. The zero-order valence-corrected chi connectivity index (χ0v) is 16.4. The van der Waals surface area contributed by atoms with Crippen LogP contribution in [-0.4, -0.2) is 67.4 Å². The number of carbonyl (C=O) groups is 1. The number of nitrogens with one attached hydrogen (secondary N) is 2. The fourth-order valence-corrected chi connectivity index (χ4v) is 4.43. The molecule has 1 atom stereocenters. The van der Waals surface area contributed by atoms with E-state index in [0.717, 1.165) is 39.0 Å². The number of hydrogen-bond donors (Lipinski definition) is 2. The maximum absolute atomic E-state index is 12.8. The first kappa shape index (κ1) is 18.9. The standard InChI is InChI=1S/C19H28N6O3/c1-23-17-16(18(27)22-19(23)28)20-14(21-17)7-8-15(26)25-11-5-6-13(25)12-24-9-3-2-4-10-24/h13H,2-12H2,1H3,(H,20,21)(H,22,27,28). The zero-order valence-electron chi connectivity index (χ0n) is 16.4. The lowest BCUT2D eigenvalue weighted by molar-refractivity contribution is -0.132. The van der Waals surface area contributed by atoms with Gasteiger partial charge in [-0.1, -0.05) is 6.42 Å². The summed E-state index contributed by atoms with van der Waals surface area (Å²) in [4.78, 5) is 50.5. The van der Waals surface area contributed by atoms with Crippen LogP contribution in [0.3, 0.4) is 0 Å². The van der Waals surface area contributed by atoms with Crippen molar-refractivity contribution < 1.29 is 4.79 Å². The maximum atomic E-state index is 12.8. The second kappa shape index (κ2) is 7.90. The fraction of sp³-hybridized carbons (Fsp3) is 0.684. The molecule has 9 nitrogen and oxygen atoms in total. The number of hydrogen-bond acceptors (Lipinski definition) is 5. The summed E-state index contributed by atoms with van der Waals surface area (Å²) in [6.07, 6.45) is 6.74. The van der Waals surface area contributed by atoms with E-state index >= 15 is 0 Å². The van der Waals surface area contributed by atoms with E-state index in [1.807, 2.05) is 4.90 Å². The second-order valence-electron chi connectivity index (χ2n) is 7.94. The largest absolute Gasteiger partial charge is 0.338 e. The number of carbonyl (C=O) groups excluding carboxylic acids is 1. The highest BCUT2D eigenvalue weighted by atomic mass is 16.2. The molecule has 0 spiro atoms. The van der Waals surface area contributed by atoms with Gasteiger partial charge in [-0.2, -0.15) is 0 Å². The van der Waals surface area contributed by atoms with Crippen LogP contribution in [0, 0.1) is 0 Å². The molecule has 152 valence electrons. The Bertz CT molecular complexity index is 968. The van der Waals surface area contributed by atoms with Gasteiger partial charge in [-0.3, -0.25) is 19.1 Å². The predicted octanol–water partition coefficient (Wildman–Crippen LogP) is 0.359. The Morgan fingerprint density at radius 3 is 2.68 bits per heavy atom. The summed E-state index contributed by atoms with van der Waals surface area (Å²) in [6.45, 7) is 4.09. The zero-order chi connectivity index (χ0) is 19.7. The van der Waals surface area contributed by atoms with Gasteiger partial charge in [0, 0.05) is 39.0 Å². The molecule has 4 rings (SSSR count). The number of H-pyrrole nitrogens is 2. The van der Waals surface area contributed by atoms with Gasteiger partial charge in [0.2, 0.25) is 5.91 Å². The number of likely N-dealkylation sites (tertiary alicyclic amines) is 2. The first-order chi connectivity index (χ1) is 13.5. The molecule has 4 heterocycles. The van der Waals surface area contributed by atoms with E-state index in [1.54, 1.807) is 7.05 Å². The van der Waals surface area contributed by atoms with Crippen LogP contribution in [0.5, 0.6) is 0 Å². The molecule has 2 aromatic heterocycles. The van der Waals surface area contributed by atoms with Crippen molar-refractivity contribution >= 4 is 17.1 Å². The molecule has 1 amide bonds. The number of rotatable bonds is 5. The van der Waals surface area contributed by atoms with Gasteiger partial charge in [0.05, 0.1) is 0 Å². The molecular formula is C19H28N6O3. The Balaban J connectivity index is 1.40. The van der Waals surface area contributed by atoms with Gasteiger partial charge in [0.1, 0.15) is 11.3 Å². The smallest absolute Gasteiger partial charge is 0.329 e. The van der Waals surface area contributed by atoms with Gasteiger partial charge in [-0.25, -0.2) is 9.78 Å². The van der Waals surface area contributed by atoms with Crippen LogP contribution in [0.2, 0.25) is 0 Å². The number of piperidine rings is 1. The van der Waals surface area contributed by atoms with Crippen LogP contribution in [0.1, 0.15) is 44.3 Å². The van der Waals surface area contributed by atoms with Gasteiger partial charge >= 0.3 is 5.69 Å². The molecule has 0 bridgehead atoms. The molecule has 1 unspecified atom stereocenters. The molecule has 2 aromatic rings. The Labute approximate surface area is 162 Å². The third-order valence-electron chi connectivity index (χ3n) is 5.99. The molecule has 28 heavy (non-hydrogen) atoms. The highest BCUT2D eigenvalue weighted by Gasteiger charge is 2.30. The minimum Gasteiger partial charge on any atom is -0.338 e. The first-order valence-electron chi connectivity index (χ1n) is 10.2. The van der Waals surface area contributed by atoms with Gasteiger partial charge in [-0.15, -0.1) is 0 Å². The Morgan fingerprint density at radius 2 is 1.89 bits per heavy atom. The molecule has 2 saturated heterocycles. The van der Waals surface area contributed by atoms with E-state index in [0.29, 0.717) is 30.4 Å². The monoisotopic (exact) mass is 388 g/mol. The number of aromatic nitrogens is 4. The summed E-state index contributed by atoms with van der Waals surface area (Å²) in [7, 11) is 1.56. The first-order valence-corrected chi connectivity index (χ1v) is 10.2. The van der Waals surface area contributed by atoms with Gasteiger partial charge < -0.3 is 14.8 Å². The van der Waals surface area contributed by atoms with Crippen LogP contribution in [0.4, 0.5) is 0 Å². The highest BCUT2D eigenvalue weighted by Crippen LogP contribution is 2.21. The Hall–Kier alpha value is -2.42. The summed E-state index contributed by atoms with van der Waals surface area (Å²) in [5.41, 5.74) is -0.386. The van der Waals surface area contributed by atoms with Crippen LogP contribution < -0.4 is 11.2 Å². The minimum atomic E-state index is -0.496. The topological polar surface area (TPSA) is 107 Å². The average Bonchev–Trinajstić information content (AvgIpc) is 3.33. The maximum Gasteiger partial charge on any atom is 0.329 e. The summed E-state index contributed by atoms with van der Waals surface area (Å²) < 4.78 is 1.30. The summed E-state index contributed by atoms with van der Waals surface area (Å²) >= 11 is 0. The molecule has 9 heteroatoms. The molecule has 0 aliphatic carbocycles. The number of aryl methyl sites for hydroxylation is 2. The van der Waals surface area contributed by atoms with E-state index in [-0.39, 0.29) is 11.4 Å². The van der Waals surface area contributed by atoms with Gasteiger partial charge in [-0.05, 0) is 38.8 Å². The van der Waals surface area contributed by atoms with E-state index in [4.69, 9.17) is 0 Å². The lowest BCUT2D eigenvalue weighted by Gasteiger charge is -2.33. The van der Waals surface area contributed by atoms with Gasteiger partial charge in [0.15, 0.2) is 5.65 Å². The minimum absolute atomic E-state index is 0.141. The van der Waals surface area contributed by atoms with Crippen molar-refractivity contribution in [3.63, 3.8) is 0 Å². The van der Waals surface area contributed by atoms with Crippen LogP contribution in [0.25, 0.3) is 11.2 Å². The number of imidazole rings is 1. The number of aromatic amines is 2. The highest BCUT2D eigenvalue weighted by molar-refractivity contribution is 5.77. The molecule has 2 fully saturated rings. The molecule has 0 saturated carbocycles. The number of fused-ring (bicyclic) bond motifs is 1. The average molecular weight is 388 g/mol. The van der Waals surface area contributed by atoms with E-state index in [1.165, 1.54) is 23.8 Å². The Morgan fingerprint density at radius 1 is 1.11 bits per heavy atom. The van der Waals surface area contributed by atoms with Crippen molar-refractivity contribution in [2.24, 2.45) is 7.05 Å². The lowest BCUT2D eigenvalue weighted by Crippen LogP contribution is -2.44. The quantitative estimate of drug-likeness (QED) is 0.769. The summed E-state index contributed by atoms with van der Waals surface area (Å²) in [6, 6.07) is 0.310. The Kier molecular flexibility index (Phi) is 5.34. The van der Waals surface area contributed by atoms with Crippen molar-refractivity contribution in [2.45, 2.75) is 51.0 Å². The van der Waals surface area contributed by atoms with Crippen molar-refractivity contribution in [2.75, 3.05) is 26.2 Å². The van der Waals surface area contributed by atoms with E-state index in [9.17, 15) is 14.4 Å². The van der Waals surface area contributed by atoms with E-state index in [2.05, 4.69) is 19.9 Å². The lowest BCUT2D eigenvalue weighted by atomic mass is 10.1. The summed E-state index contributed by atoms with van der Waals surface area (Å²) in [5, 5.41) is 0. The predicted molar refractivity (Wildman–Crippen MR) is 105 cm³/mol. The number of nitrogens with zero attached hydrogens (tertiary/aromatic N) is 4. The van der Waals surface area contributed by atoms with Crippen LogP contribution in [-0.2, 0) is 18.3 Å². The van der Waals surface area contributed by atoms with Crippen molar-refractivity contribution in [1.29, 1.82) is 0 Å². The molecule has 0 radical (unpaired) electrons. The molecule has 2 aliphatic heterocycles. The molecule has 2 N–H and O–H groups in total. The third-order valence-corrected chi connectivity index (χ3v) is 5.99. The van der Waals surface area contributed by atoms with Crippen molar-refractivity contribution in [3.05, 3.63) is 26.7 Å². The second-order valence-corrected chi connectivity index (χ2v) is 7.94. The van der Waals surface area contributed by atoms with Crippen molar-refractivity contribution in [1.82, 2.24) is 29.3 Å². The fourth-order valence-electron chi connectivity index (χ4n) is 4.43. The van der Waals surface area contributed by atoms with Crippen LogP contribution >= 0.6 is 0 Å². The van der Waals surface area contributed by atoms with Crippen molar-refractivity contribution in [3.8, 4) is 0 Å². The SMILES string of the molecule is Cn1c(=O)[nH]c(=O)c2[nH]c(CCC(=O)N3CCCC3CN3CCCCC3)nc21. The van der Waals surface area contributed by atoms with E-state index < -0.39 is 11.2 Å². The molecule has 0 aromatic carbocycles. The normalized spacial score (nSPS) is 20.9. The molecular weight excluding hydrogens is 360 g/mol. The van der Waals surface area contributed by atoms with Gasteiger partial charge in [0.25, 0.3) is 5.56 Å². The summed E-state index contributed by atoms with van der Waals surface area (Å²) in [5.74, 6) is 0.699.